The van der Waals surface area contributed by atoms with Crippen molar-refractivity contribution < 1.29 is 4.74 Å². The first-order valence-electron chi connectivity index (χ1n) is 6.44. The Balaban J connectivity index is 1.88. The van der Waals surface area contributed by atoms with Crippen LogP contribution in [-0.2, 0) is 10.3 Å². The minimum absolute atomic E-state index is 0.332. The van der Waals surface area contributed by atoms with Gasteiger partial charge in [-0.25, -0.2) is 4.99 Å². The van der Waals surface area contributed by atoms with E-state index in [-0.39, 0.29) is 0 Å². The lowest BCUT2D eigenvalue weighted by molar-refractivity contribution is 0.112. The highest BCUT2D eigenvalue weighted by molar-refractivity contribution is 9.10. The van der Waals surface area contributed by atoms with Crippen molar-refractivity contribution in [1.82, 2.24) is 0 Å². The Bertz CT molecular complexity index is 670. The number of rotatable bonds is 3. The van der Waals surface area contributed by atoms with E-state index < -0.39 is 5.60 Å². The third-order valence-electron chi connectivity index (χ3n) is 3.45. The molecule has 0 bridgehead atoms. The van der Waals surface area contributed by atoms with E-state index in [1.807, 2.05) is 48.5 Å². The fraction of sp³-hybridized carbons (Fsp3) is 0.188. The molecule has 1 atom stereocenters. The van der Waals surface area contributed by atoms with E-state index in [2.05, 4.69) is 20.9 Å². The van der Waals surface area contributed by atoms with Gasteiger partial charge in [-0.2, -0.15) is 0 Å². The molecule has 0 aliphatic carbocycles. The Hall–Kier alpha value is -1.03. The van der Waals surface area contributed by atoms with Crippen LogP contribution in [0.3, 0.4) is 0 Å². The van der Waals surface area contributed by atoms with Gasteiger partial charge in [0, 0.05) is 15.1 Å². The SMILES string of the molecule is ClC[C@@]1(c2ccc(Cl)cc2)CN=C(c2ccc(Br)cc2)O1. The molecule has 0 radical (unpaired) electrons. The maximum absolute atomic E-state index is 6.18. The third kappa shape index (κ3) is 2.96. The molecule has 0 saturated heterocycles. The molecule has 0 saturated carbocycles. The first-order valence-corrected chi connectivity index (χ1v) is 8.15. The van der Waals surface area contributed by atoms with Crippen LogP contribution in [0.5, 0.6) is 0 Å². The van der Waals surface area contributed by atoms with Crippen LogP contribution in [0.25, 0.3) is 0 Å². The molecule has 108 valence electrons. The van der Waals surface area contributed by atoms with E-state index in [9.17, 15) is 0 Å². The van der Waals surface area contributed by atoms with E-state index in [4.69, 9.17) is 27.9 Å². The molecule has 2 aromatic carbocycles. The average molecular weight is 385 g/mol. The van der Waals surface area contributed by atoms with Gasteiger partial charge in [-0.15, -0.1) is 11.6 Å². The van der Waals surface area contributed by atoms with Gasteiger partial charge < -0.3 is 4.74 Å². The number of hydrogen-bond acceptors (Lipinski definition) is 2. The number of halogens is 3. The van der Waals surface area contributed by atoms with Gasteiger partial charge >= 0.3 is 0 Å². The van der Waals surface area contributed by atoms with Crippen molar-refractivity contribution in [2.24, 2.45) is 4.99 Å². The molecule has 1 heterocycles. The molecule has 1 aliphatic heterocycles. The Labute approximate surface area is 141 Å². The van der Waals surface area contributed by atoms with Crippen LogP contribution in [0.2, 0.25) is 5.02 Å². The zero-order valence-electron chi connectivity index (χ0n) is 11.0. The first-order chi connectivity index (χ1) is 10.1. The Kier molecular flexibility index (Phi) is 4.25. The summed E-state index contributed by atoms with van der Waals surface area (Å²) in [5.74, 6) is 0.955. The molecule has 0 fully saturated rings. The number of hydrogen-bond donors (Lipinski definition) is 0. The number of aliphatic imine (C=N–C) groups is 1. The molecule has 2 aromatic rings. The van der Waals surface area contributed by atoms with Crippen molar-refractivity contribution in [1.29, 1.82) is 0 Å². The summed E-state index contributed by atoms with van der Waals surface area (Å²) < 4.78 is 7.13. The quantitative estimate of drug-likeness (QED) is 0.681. The summed E-state index contributed by atoms with van der Waals surface area (Å²) >= 11 is 15.5. The topological polar surface area (TPSA) is 21.6 Å². The van der Waals surface area contributed by atoms with Crippen molar-refractivity contribution in [2.45, 2.75) is 5.60 Å². The van der Waals surface area contributed by atoms with Gasteiger partial charge in [0.1, 0.15) is 0 Å². The Morgan fingerprint density at radius 1 is 1.10 bits per heavy atom. The second-order valence-corrected chi connectivity index (χ2v) is 6.48. The van der Waals surface area contributed by atoms with Crippen LogP contribution >= 0.6 is 39.1 Å². The maximum Gasteiger partial charge on any atom is 0.217 e. The lowest BCUT2D eigenvalue weighted by Gasteiger charge is -2.26. The molecule has 1 aliphatic rings. The molecular weight excluding hydrogens is 373 g/mol. The minimum atomic E-state index is -0.617. The van der Waals surface area contributed by atoms with Crippen molar-refractivity contribution >= 4 is 45.0 Å². The van der Waals surface area contributed by atoms with Crippen molar-refractivity contribution in [2.75, 3.05) is 12.4 Å². The molecule has 0 N–H and O–H groups in total. The van der Waals surface area contributed by atoms with Crippen LogP contribution in [0.15, 0.2) is 58.0 Å². The molecule has 5 heteroatoms. The summed E-state index contributed by atoms with van der Waals surface area (Å²) in [5, 5.41) is 0.690. The van der Waals surface area contributed by atoms with Crippen LogP contribution in [0.1, 0.15) is 11.1 Å². The van der Waals surface area contributed by atoms with Crippen LogP contribution in [-0.4, -0.2) is 18.3 Å². The molecule has 0 aromatic heterocycles. The monoisotopic (exact) mass is 383 g/mol. The highest BCUT2D eigenvalue weighted by Gasteiger charge is 2.39. The zero-order valence-corrected chi connectivity index (χ0v) is 14.1. The van der Waals surface area contributed by atoms with Crippen LogP contribution in [0.4, 0.5) is 0 Å². The average Bonchev–Trinajstić information content (AvgIpc) is 2.94. The summed E-state index contributed by atoms with van der Waals surface area (Å²) in [6.07, 6.45) is 0. The van der Waals surface area contributed by atoms with E-state index in [1.165, 1.54) is 0 Å². The van der Waals surface area contributed by atoms with Gasteiger partial charge in [-0.3, -0.25) is 0 Å². The first kappa shape index (κ1) is 14.9. The van der Waals surface area contributed by atoms with Crippen molar-refractivity contribution in [3.63, 3.8) is 0 Å². The fourth-order valence-corrected chi connectivity index (χ4v) is 2.93. The van der Waals surface area contributed by atoms with E-state index in [0.29, 0.717) is 23.3 Å². The fourth-order valence-electron chi connectivity index (χ4n) is 2.24. The van der Waals surface area contributed by atoms with Gasteiger partial charge in [-0.05, 0) is 42.0 Å². The predicted octanol–water partition coefficient (Wildman–Crippen LogP) is 5.01. The standard InChI is InChI=1S/C16H12BrCl2NO/c17-13-5-1-11(2-6-13)15-20-10-16(9-18,21-15)12-3-7-14(19)8-4-12/h1-8H,9-10H2/t16-/m0/s1. The Morgan fingerprint density at radius 2 is 1.76 bits per heavy atom. The number of benzene rings is 2. The second kappa shape index (κ2) is 5.99. The molecule has 3 rings (SSSR count). The maximum atomic E-state index is 6.18. The van der Waals surface area contributed by atoms with Crippen LogP contribution in [0, 0.1) is 0 Å². The summed E-state index contributed by atoms with van der Waals surface area (Å²) in [6, 6.07) is 15.4. The van der Waals surface area contributed by atoms with Gasteiger partial charge in [0.05, 0.1) is 12.4 Å². The lowest BCUT2D eigenvalue weighted by Crippen LogP contribution is -2.32. The normalized spacial score (nSPS) is 21.0. The number of ether oxygens (including phenoxy) is 1. The van der Waals surface area contributed by atoms with E-state index >= 15 is 0 Å². The molecular formula is C16H12BrCl2NO. The minimum Gasteiger partial charge on any atom is -0.463 e. The highest BCUT2D eigenvalue weighted by atomic mass is 79.9. The summed E-state index contributed by atoms with van der Waals surface area (Å²) in [4.78, 5) is 4.52. The van der Waals surface area contributed by atoms with E-state index in [0.717, 1.165) is 15.6 Å². The molecule has 0 spiro atoms. The molecule has 21 heavy (non-hydrogen) atoms. The van der Waals surface area contributed by atoms with Gasteiger partial charge in [0.2, 0.25) is 5.90 Å². The molecule has 0 amide bonds. The summed E-state index contributed by atoms with van der Waals surface area (Å²) in [6.45, 7) is 0.504. The molecule has 2 nitrogen and oxygen atoms in total. The van der Waals surface area contributed by atoms with Gasteiger partial charge in [0.25, 0.3) is 0 Å². The van der Waals surface area contributed by atoms with Gasteiger partial charge in [0.15, 0.2) is 5.60 Å². The van der Waals surface area contributed by atoms with E-state index in [1.54, 1.807) is 0 Å². The lowest BCUT2D eigenvalue weighted by atomic mass is 9.96. The number of nitrogens with zero attached hydrogens (tertiary/aromatic N) is 1. The number of alkyl halides is 1. The smallest absolute Gasteiger partial charge is 0.217 e. The molecule has 0 unspecified atom stereocenters. The summed E-state index contributed by atoms with van der Waals surface area (Å²) in [7, 11) is 0. The zero-order chi connectivity index (χ0) is 14.9. The van der Waals surface area contributed by atoms with Gasteiger partial charge in [-0.1, -0.05) is 39.7 Å². The second-order valence-electron chi connectivity index (χ2n) is 4.87. The van der Waals surface area contributed by atoms with Crippen molar-refractivity contribution in [3.8, 4) is 0 Å². The largest absolute Gasteiger partial charge is 0.463 e. The predicted molar refractivity (Wildman–Crippen MR) is 90.5 cm³/mol. The van der Waals surface area contributed by atoms with Crippen LogP contribution < -0.4 is 0 Å². The van der Waals surface area contributed by atoms with Crippen molar-refractivity contribution in [3.05, 3.63) is 69.2 Å². The summed E-state index contributed by atoms with van der Waals surface area (Å²) in [5.41, 5.74) is 1.31. The third-order valence-corrected chi connectivity index (χ3v) is 4.66. The highest BCUT2D eigenvalue weighted by Crippen LogP contribution is 2.34. The Morgan fingerprint density at radius 3 is 2.38 bits per heavy atom.